The predicted octanol–water partition coefficient (Wildman–Crippen LogP) is 3.72. The number of carbonyl (C=O) groups excluding carboxylic acids is 1. The Morgan fingerprint density at radius 3 is 2.75 bits per heavy atom. The number of aryl methyl sites for hydroxylation is 3. The number of pyridine rings is 2. The van der Waals surface area contributed by atoms with Gasteiger partial charge in [0.1, 0.15) is 5.69 Å². The fourth-order valence-corrected chi connectivity index (χ4v) is 4.45. The summed E-state index contributed by atoms with van der Waals surface area (Å²) in [7, 11) is 1.61. The highest BCUT2D eigenvalue weighted by Crippen LogP contribution is 2.30. The van der Waals surface area contributed by atoms with Crippen molar-refractivity contribution >= 4 is 5.91 Å². The third-order valence-electron chi connectivity index (χ3n) is 6.22. The van der Waals surface area contributed by atoms with E-state index in [1.165, 1.54) is 12.0 Å². The Kier molecular flexibility index (Phi) is 6.65. The topological polar surface area (TPSA) is 75.9 Å². The van der Waals surface area contributed by atoms with E-state index in [1.807, 2.05) is 17.7 Å². The maximum absolute atomic E-state index is 11.8. The number of aromatic nitrogens is 4. The SMILES string of the molecule is CCn1cc(CN2CCC[C@H](c3cc(-c4ccc(C(=O)NC)nc4)cc(C)n3)C2)c(C)n1. The third-order valence-corrected chi connectivity index (χ3v) is 6.22. The van der Waals surface area contributed by atoms with E-state index in [-0.39, 0.29) is 5.91 Å². The molecule has 4 rings (SSSR count). The molecule has 0 aliphatic carbocycles. The first-order valence-corrected chi connectivity index (χ1v) is 11.4. The summed E-state index contributed by atoms with van der Waals surface area (Å²) >= 11 is 0. The molecule has 32 heavy (non-hydrogen) atoms. The maximum atomic E-state index is 11.8. The molecule has 1 aliphatic heterocycles. The van der Waals surface area contributed by atoms with Crippen molar-refractivity contribution in [3.63, 3.8) is 0 Å². The predicted molar refractivity (Wildman–Crippen MR) is 125 cm³/mol. The van der Waals surface area contributed by atoms with Crippen LogP contribution >= 0.6 is 0 Å². The van der Waals surface area contributed by atoms with Crippen LogP contribution in [-0.4, -0.2) is 50.7 Å². The first-order valence-electron chi connectivity index (χ1n) is 11.4. The van der Waals surface area contributed by atoms with E-state index in [4.69, 9.17) is 4.98 Å². The van der Waals surface area contributed by atoms with Crippen molar-refractivity contribution in [3.05, 3.63) is 65.0 Å². The van der Waals surface area contributed by atoms with Crippen molar-refractivity contribution in [2.24, 2.45) is 0 Å². The lowest BCUT2D eigenvalue weighted by Crippen LogP contribution is -2.34. The molecule has 1 saturated heterocycles. The van der Waals surface area contributed by atoms with Crippen LogP contribution in [-0.2, 0) is 13.1 Å². The number of nitrogens with zero attached hydrogens (tertiary/aromatic N) is 5. The Bertz CT molecular complexity index is 1090. The molecular formula is C25H32N6O. The number of nitrogens with one attached hydrogen (secondary N) is 1. The number of hydrogen-bond donors (Lipinski definition) is 1. The van der Waals surface area contributed by atoms with Crippen molar-refractivity contribution in [2.45, 2.75) is 52.6 Å². The van der Waals surface area contributed by atoms with Crippen LogP contribution < -0.4 is 5.32 Å². The molecule has 1 atom stereocenters. The van der Waals surface area contributed by atoms with Crippen LogP contribution in [0.5, 0.6) is 0 Å². The molecule has 3 aromatic heterocycles. The van der Waals surface area contributed by atoms with E-state index in [0.717, 1.165) is 60.8 Å². The van der Waals surface area contributed by atoms with Gasteiger partial charge in [-0.2, -0.15) is 5.10 Å². The van der Waals surface area contributed by atoms with Gasteiger partial charge in [-0.3, -0.25) is 24.3 Å². The third kappa shape index (κ3) is 4.88. The zero-order valence-electron chi connectivity index (χ0n) is 19.4. The van der Waals surface area contributed by atoms with E-state index in [1.54, 1.807) is 19.3 Å². The van der Waals surface area contributed by atoms with Crippen LogP contribution in [0.25, 0.3) is 11.1 Å². The van der Waals surface area contributed by atoms with Gasteiger partial charge < -0.3 is 5.32 Å². The summed E-state index contributed by atoms with van der Waals surface area (Å²) in [5.74, 6) is 0.229. The number of likely N-dealkylation sites (tertiary alicyclic amines) is 1. The van der Waals surface area contributed by atoms with Crippen molar-refractivity contribution in [1.82, 2.24) is 30.0 Å². The molecule has 0 saturated carbocycles. The molecule has 1 N–H and O–H groups in total. The molecule has 1 amide bonds. The smallest absolute Gasteiger partial charge is 0.269 e. The van der Waals surface area contributed by atoms with Gasteiger partial charge in [-0.05, 0) is 63.9 Å². The molecule has 1 fully saturated rings. The van der Waals surface area contributed by atoms with Gasteiger partial charge in [0, 0.05) is 67.5 Å². The Morgan fingerprint density at radius 1 is 1.22 bits per heavy atom. The van der Waals surface area contributed by atoms with Gasteiger partial charge in [0.2, 0.25) is 0 Å². The van der Waals surface area contributed by atoms with E-state index >= 15 is 0 Å². The highest BCUT2D eigenvalue weighted by atomic mass is 16.1. The largest absolute Gasteiger partial charge is 0.354 e. The highest BCUT2D eigenvalue weighted by Gasteiger charge is 2.24. The number of rotatable bonds is 6. The Hall–Kier alpha value is -3.06. The fraction of sp³-hybridized carbons (Fsp3) is 0.440. The Morgan fingerprint density at radius 2 is 2.06 bits per heavy atom. The lowest BCUT2D eigenvalue weighted by molar-refractivity contribution is 0.0958. The zero-order valence-corrected chi connectivity index (χ0v) is 19.4. The minimum absolute atomic E-state index is 0.176. The highest BCUT2D eigenvalue weighted by molar-refractivity contribution is 5.92. The molecule has 7 heteroatoms. The minimum atomic E-state index is -0.176. The summed E-state index contributed by atoms with van der Waals surface area (Å²) in [5, 5.41) is 7.21. The van der Waals surface area contributed by atoms with Crippen molar-refractivity contribution in [1.29, 1.82) is 0 Å². The second-order valence-corrected chi connectivity index (χ2v) is 8.60. The van der Waals surface area contributed by atoms with Crippen molar-refractivity contribution < 1.29 is 4.79 Å². The average molecular weight is 433 g/mol. The summed E-state index contributed by atoms with van der Waals surface area (Å²) in [5.41, 5.74) is 7.10. The summed E-state index contributed by atoms with van der Waals surface area (Å²) in [4.78, 5) is 23.5. The molecule has 1 aliphatic rings. The van der Waals surface area contributed by atoms with Crippen molar-refractivity contribution in [2.75, 3.05) is 20.1 Å². The van der Waals surface area contributed by atoms with Crippen LogP contribution in [0.2, 0.25) is 0 Å². The molecule has 0 aromatic carbocycles. The van der Waals surface area contributed by atoms with E-state index in [0.29, 0.717) is 11.6 Å². The van der Waals surface area contributed by atoms with Crippen LogP contribution in [0.3, 0.4) is 0 Å². The van der Waals surface area contributed by atoms with Gasteiger partial charge >= 0.3 is 0 Å². The van der Waals surface area contributed by atoms with E-state index in [9.17, 15) is 4.79 Å². The van der Waals surface area contributed by atoms with E-state index in [2.05, 4.69) is 52.5 Å². The van der Waals surface area contributed by atoms with Crippen LogP contribution in [0.15, 0.2) is 36.7 Å². The summed E-state index contributed by atoms with van der Waals surface area (Å²) in [6, 6.07) is 8.00. The first kappa shape index (κ1) is 22.1. The van der Waals surface area contributed by atoms with Gasteiger partial charge in [0.05, 0.1) is 5.69 Å². The van der Waals surface area contributed by atoms with Gasteiger partial charge in [0.15, 0.2) is 0 Å². The molecule has 0 radical (unpaired) electrons. The van der Waals surface area contributed by atoms with Crippen LogP contribution in [0.1, 0.15) is 58.8 Å². The minimum Gasteiger partial charge on any atom is -0.354 e. The van der Waals surface area contributed by atoms with Crippen LogP contribution in [0, 0.1) is 13.8 Å². The maximum Gasteiger partial charge on any atom is 0.269 e. The number of amides is 1. The molecular weight excluding hydrogens is 400 g/mol. The lowest BCUT2D eigenvalue weighted by Gasteiger charge is -2.32. The van der Waals surface area contributed by atoms with Crippen molar-refractivity contribution in [3.8, 4) is 11.1 Å². The Labute approximate surface area is 189 Å². The fourth-order valence-electron chi connectivity index (χ4n) is 4.45. The number of hydrogen-bond acceptors (Lipinski definition) is 5. The number of piperidine rings is 1. The summed E-state index contributed by atoms with van der Waals surface area (Å²) in [6.45, 7) is 10.2. The monoisotopic (exact) mass is 432 g/mol. The zero-order chi connectivity index (χ0) is 22.7. The number of carbonyl (C=O) groups is 1. The van der Waals surface area contributed by atoms with Gasteiger partial charge in [0.25, 0.3) is 5.91 Å². The molecule has 168 valence electrons. The second kappa shape index (κ2) is 9.61. The quantitative estimate of drug-likeness (QED) is 0.643. The molecule has 4 heterocycles. The lowest BCUT2D eigenvalue weighted by atomic mass is 9.92. The molecule has 7 nitrogen and oxygen atoms in total. The van der Waals surface area contributed by atoms with Gasteiger partial charge in [-0.25, -0.2) is 0 Å². The average Bonchev–Trinajstić information content (AvgIpc) is 3.17. The van der Waals surface area contributed by atoms with E-state index < -0.39 is 0 Å². The Balaban J connectivity index is 1.52. The summed E-state index contributed by atoms with van der Waals surface area (Å²) < 4.78 is 2.02. The molecule has 0 spiro atoms. The molecule has 0 unspecified atom stereocenters. The standard InChI is InChI=1S/C25H32N6O/c1-5-31-16-22(18(3)29-31)15-30-10-6-7-20(14-30)24-12-21(11-17(2)28-24)19-8-9-23(27-13-19)25(32)26-4/h8-9,11-13,16,20H,5-7,10,14-15H2,1-4H3,(H,26,32)/t20-/m0/s1. The molecule has 0 bridgehead atoms. The summed E-state index contributed by atoms with van der Waals surface area (Å²) in [6.07, 6.45) is 6.26. The first-order chi connectivity index (χ1) is 15.5. The second-order valence-electron chi connectivity index (χ2n) is 8.60. The van der Waals surface area contributed by atoms with Gasteiger partial charge in [-0.1, -0.05) is 6.07 Å². The van der Waals surface area contributed by atoms with Gasteiger partial charge in [-0.15, -0.1) is 0 Å². The molecule has 3 aromatic rings. The normalized spacial score (nSPS) is 16.8. The van der Waals surface area contributed by atoms with Crippen LogP contribution in [0.4, 0.5) is 0 Å².